The minimum atomic E-state index is -4.64. The van der Waals surface area contributed by atoms with Crippen molar-refractivity contribution in [2.24, 2.45) is 0 Å². The highest BCUT2D eigenvalue weighted by Gasteiger charge is 2.45. The first kappa shape index (κ1) is 21.9. The van der Waals surface area contributed by atoms with Crippen molar-refractivity contribution in [3.8, 4) is 23.3 Å². The molecule has 5 rings (SSSR count). The number of piperidine rings is 1. The molecule has 1 fully saturated rings. The van der Waals surface area contributed by atoms with Gasteiger partial charge in [0.05, 0.1) is 24.1 Å². The molecule has 1 aromatic heterocycles. The lowest BCUT2D eigenvalue weighted by atomic mass is 9.86. The maximum atomic E-state index is 13.4. The molecule has 0 N–H and O–H groups in total. The molecule has 34 heavy (non-hydrogen) atoms. The number of aromatic nitrogens is 1. The number of nitriles is 1. The predicted molar refractivity (Wildman–Crippen MR) is 116 cm³/mol. The lowest BCUT2D eigenvalue weighted by molar-refractivity contribution is -0.138. The number of ether oxygens (including phenoxy) is 2. The first-order valence-electron chi connectivity index (χ1n) is 10.7. The lowest BCUT2D eigenvalue weighted by Gasteiger charge is -2.45. The minimum absolute atomic E-state index is 0.0471. The monoisotopic (exact) mass is 467 g/mol. The first-order valence-corrected chi connectivity index (χ1v) is 10.7. The Morgan fingerprint density at radius 3 is 2.53 bits per heavy atom. The molecule has 6 nitrogen and oxygen atoms in total. The normalized spacial score (nSPS) is 16.3. The molecular formula is C25H20F3N3O3. The van der Waals surface area contributed by atoms with Crippen LogP contribution in [0.2, 0.25) is 0 Å². The Morgan fingerprint density at radius 2 is 1.85 bits per heavy atom. The van der Waals surface area contributed by atoms with Crippen molar-refractivity contribution in [1.82, 2.24) is 9.47 Å². The van der Waals surface area contributed by atoms with Crippen molar-refractivity contribution >= 4 is 5.91 Å². The van der Waals surface area contributed by atoms with E-state index in [0.717, 1.165) is 24.6 Å². The average Bonchev–Trinajstić information content (AvgIpc) is 3.29. The maximum Gasteiger partial charge on any atom is 0.419 e. The van der Waals surface area contributed by atoms with Gasteiger partial charge in [-0.05, 0) is 42.5 Å². The molecular weight excluding hydrogens is 447 g/mol. The number of likely N-dealkylation sites (tertiary alicyclic amines) is 1. The number of fused-ring (bicyclic) bond motifs is 4. The van der Waals surface area contributed by atoms with Crippen LogP contribution in [0.15, 0.2) is 54.6 Å². The number of amides is 1. The third-order valence-corrected chi connectivity index (χ3v) is 6.48. The summed E-state index contributed by atoms with van der Waals surface area (Å²) in [6, 6.07) is 16.6. The van der Waals surface area contributed by atoms with Crippen LogP contribution in [0.4, 0.5) is 13.2 Å². The quantitative estimate of drug-likeness (QED) is 0.538. The summed E-state index contributed by atoms with van der Waals surface area (Å²) < 4.78 is 53.4. The van der Waals surface area contributed by atoms with E-state index in [1.807, 2.05) is 34.9 Å². The summed E-state index contributed by atoms with van der Waals surface area (Å²) in [5.41, 5.74) is 0.330. The number of carbonyl (C=O) groups is 1. The van der Waals surface area contributed by atoms with Crippen LogP contribution in [0.3, 0.4) is 0 Å². The molecule has 1 saturated heterocycles. The van der Waals surface area contributed by atoms with Crippen LogP contribution in [0, 0.1) is 11.3 Å². The van der Waals surface area contributed by atoms with Gasteiger partial charge in [-0.15, -0.1) is 0 Å². The van der Waals surface area contributed by atoms with E-state index < -0.39 is 23.2 Å². The van der Waals surface area contributed by atoms with Crippen LogP contribution in [-0.4, -0.2) is 35.6 Å². The smallest absolute Gasteiger partial charge is 0.419 e. The molecule has 2 aliphatic heterocycles. The predicted octanol–water partition coefficient (Wildman–Crippen LogP) is 4.90. The molecule has 3 heterocycles. The molecule has 0 unspecified atom stereocenters. The van der Waals surface area contributed by atoms with Gasteiger partial charge < -0.3 is 14.4 Å². The number of nitrogens with zero attached hydrogens (tertiary/aromatic N) is 3. The number of para-hydroxylation sites is 2. The van der Waals surface area contributed by atoms with E-state index in [1.165, 1.54) is 17.0 Å². The van der Waals surface area contributed by atoms with Crippen molar-refractivity contribution in [3.05, 3.63) is 77.1 Å². The van der Waals surface area contributed by atoms with Crippen LogP contribution in [0.5, 0.6) is 11.5 Å². The van der Waals surface area contributed by atoms with Gasteiger partial charge in [-0.3, -0.25) is 9.36 Å². The van der Waals surface area contributed by atoms with Crippen LogP contribution >= 0.6 is 0 Å². The minimum Gasteiger partial charge on any atom is -0.496 e. The zero-order valence-electron chi connectivity index (χ0n) is 18.2. The number of rotatable bonds is 2. The molecule has 3 aromatic rings. The number of carbonyl (C=O) groups excluding carboxylic acids is 1. The highest BCUT2D eigenvalue weighted by Crippen LogP contribution is 2.46. The van der Waals surface area contributed by atoms with Gasteiger partial charge in [0, 0.05) is 31.5 Å². The zero-order chi connectivity index (χ0) is 24.1. The van der Waals surface area contributed by atoms with Gasteiger partial charge in [0.15, 0.2) is 5.60 Å². The van der Waals surface area contributed by atoms with Gasteiger partial charge in [-0.2, -0.15) is 18.4 Å². The molecule has 0 bridgehead atoms. The number of hydrogen-bond donors (Lipinski definition) is 0. The fourth-order valence-corrected chi connectivity index (χ4v) is 4.80. The van der Waals surface area contributed by atoms with E-state index in [4.69, 9.17) is 9.47 Å². The van der Waals surface area contributed by atoms with Crippen molar-refractivity contribution in [3.63, 3.8) is 0 Å². The SMILES string of the molecule is COc1ccc(C(=O)N2CCC3(CC2)Oc2ccccc2-n2c(C#N)ccc23)cc1C(F)(F)F. The van der Waals surface area contributed by atoms with Gasteiger partial charge in [0.25, 0.3) is 5.91 Å². The Hall–Kier alpha value is -3.93. The summed E-state index contributed by atoms with van der Waals surface area (Å²) in [6.07, 6.45) is -3.77. The number of hydrogen-bond acceptors (Lipinski definition) is 4. The summed E-state index contributed by atoms with van der Waals surface area (Å²) in [5.74, 6) is -0.162. The highest BCUT2D eigenvalue weighted by atomic mass is 19.4. The summed E-state index contributed by atoms with van der Waals surface area (Å²) in [7, 11) is 1.16. The highest BCUT2D eigenvalue weighted by molar-refractivity contribution is 5.94. The van der Waals surface area contributed by atoms with Gasteiger partial charge >= 0.3 is 6.18 Å². The second kappa shape index (κ2) is 7.83. The van der Waals surface area contributed by atoms with Crippen molar-refractivity contribution in [2.75, 3.05) is 20.2 Å². The number of halogens is 3. The number of benzene rings is 2. The van der Waals surface area contributed by atoms with E-state index in [0.29, 0.717) is 37.4 Å². The molecule has 2 aliphatic rings. The Labute approximate surface area is 193 Å². The Bertz CT molecular complexity index is 1310. The summed E-state index contributed by atoms with van der Waals surface area (Å²) in [6.45, 7) is 0.586. The van der Waals surface area contributed by atoms with E-state index in [9.17, 15) is 23.2 Å². The van der Waals surface area contributed by atoms with Gasteiger partial charge in [-0.25, -0.2) is 0 Å². The Morgan fingerprint density at radius 1 is 1.12 bits per heavy atom. The molecule has 2 aromatic carbocycles. The molecule has 9 heteroatoms. The first-order chi connectivity index (χ1) is 16.3. The molecule has 0 saturated carbocycles. The molecule has 0 radical (unpaired) electrons. The second-order valence-corrected chi connectivity index (χ2v) is 8.32. The second-order valence-electron chi connectivity index (χ2n) is 8.32. The summed E-state index contributed by atoms with van der Waals surface area (Å²) in [5, 5.41) is 9.60. The van der Waals surface area contributed by atoms with Gasteiger partial charge in [0.1, 0.15) is 23.3 Å². The summed E-state index contributed by atoms with van der Waals surface area (Å²) in [4.78, 5) is 14.6. The lowest BCUT2D eigenvalue weighted by Crippen LogP contribution is -2.50. The molecule has 174 valence electrons. The molecule has 0 atom stereocenters. The zero-order valence-corrected chi connectivity index (χ0v) is 18.2. The average molecular weight is 467 g/mol. The standard InChI is InChI=1S/C25H20F3N3O3/c1-33-20-8-6-16(14-18(20)25(26,27)28)23(32)30-12-10-24(11-13-30)22-9-7-17(15-29)31(22)19-4-2-3-5-21(19)34-24/h2-9,14H,10-13H2,1H3. The third kappa shape index (κ3) is 3.37. The van der Waals surface area contributed by atoms with Crippen molar-refractivity contribution in [2.45, 2.75) is 24.6 Å². The topological polar surface area (TPSA) is 67.5 Å². The summed E-state index contributed by atoms with van der Waals surface area (Å²) >= 11 is 0. The van der Waals surface area contributed by atoms with Crippen LogP contribution < -0.4 is 9.47 Å². The van der Waals surface area contributed by atoms with E-state index >= 15 is 0 Å². The molecule has 0 aliphatic carbocycles. The van der Waals surface area contributed by atoms with E-state index in [2.05, 4.69) is 6.07 Å². The Kier molecular flexibility index (Phi) is 5.04. The van der Waals surface area contributed by atoms with Gasteiger partial charge in [0.2, 0.25) is 0 Å². The number of alkyl halides is 3. The van der Waals surface area contributed by atoms with E-state index in [-0.39, 0.29) is 11.3 Å². The fraction of sp³-hybridized carbons (Fsp3) is 0.280. The third-order valence-electron chi connectivity index (χ3n) is 6.48. The van der Waals surface area contributed by atoms with E-state index in [1.54, 1.807) is 6.07 Å². The maximum absolute atomic E-state index is 13.4. The molecule has 1 spiro atoms. The van der Waals surface area contributed by atoms with Gasteiger partial charge in [-0.1, -0.05) is 12.1 Å². The number of methoxy groups -OCH3 is 1. The Balaban J connectivity index is 1.42. The van der Waals surface area contributed by atoms with Crippen LogP contribution in [0.1, 0.15) is 40.2 Å². The largest absolute Gasteiger partial charge is 0.496 e. The van der Waals surface area contributed by atoms with Crippen molar-refractivity contribution in [1.29, 1.82) is 5.26 Å². The fourth-order valence-electron chi connectivity index (χ4n) is 4.80. The molecule has 1 amide bonds. The van der Waals surface area contributed by atoms with Crippen LogP contribution in [-0.2, 0) is 11.8 Å². The van der Waals surface area contributed by atoms with Crippen molar-refractivity contribution < 1.29 is 27.4 Å². The van der Waals surface area contributed by atoms with Crippen LogP contribution in [0.25, 0.3) is 5.69 Å².